The van der Waals surface area contributed by atoms with Gasteiger partial charge in [-0.15, -0.1) is 0 Å². The van der Waals surface area contributed by atoms with Gasteiger partial charge < -0.3 is 5.73 Å². The molecule has 3 atom stereocenters. The monoisotopic (exact) mass is 266 g/mol. The summed E-state index contributed by atoms with van der Waals surface area (Å²) in [6.45, 7) is 11.8. The molecule has 1 saturated heterocycles. The molecule has 2 heteroatoms. The van der Waals surface area contributed by atoms with E-state index in [1.807, 2.05) is 0 Å². The maximum Gasteiger partial charge on any atom is 0.0342 e. The SMILES string of the molecule is CC1CC(C)(C)CC(CN)(N2CCCCCC2C)C1. The van der Waals surface area contributed by atoms with E-state index in [1.54, 1.807) is 0 Å². The molecule has 19 heavy (non-hydrogen) atoms. The molecule has 0 radical (unpaired) electrons. The average Bonchev–Trinajstić information content (AvgIpc) is 2.51. The molecule has 1 heterocycles. The van der Waals surface area contributed by atoms with Gasteiger partial charge >= 0.3 is 0 Å². The van der Waals surface area contributed by atoms with Crippen LogP contribution >= 0.6 is 0 Å². The van der Waals surface area contributed by atoms with E-state index in [4.69, 9.17) is 5.73 Å². The van der Waals surface area contributed by atoms with Crippen LogP contribution < -0.4 is 5.73 Å². The van der Waals surface area contributed by atoms with Crippen LogP contribution in [0, 0.1) is 11.3 Å². The molecule has 0 bridgehead atoms. The zero-order valence-corrected chi connectivity index (χ0v) is 13.5. The Labute approximate surface area is 120 Å². The van der Waals surface area contributed by atoms with Crippen molar-refractivity contribution in [1.82, 2.24) is 4.90 Å². The Balaban J connectivity index is 2.24. The minimum absolute atomic E-state index is 0.269. The molecule has 1 aliphatic carbocycles. The van der Waals surface area contributed by atoms with Crippen LogP contribution in [-0.2, 0) is 0 Å². The summed E-state index contributed by atoms with van der Waals surface area (Å²) in [5.41, 5.74) is 7.04. The molecule has 0 amide bonds. The summed E-state index contributed by atoms with van der Waals surface area (Å²) in [6.07, 6.45) is 9.47. The summed E-state index contributed by atoms with van der Waals surface area (Å²) in [5, 5.41) is 0. The molecule has 2 nitrogen and oxygen atoms in total. The summed E-state index contributed by atoms with van der Waals surface area (Å²) in [7, 11) is 0. The molecule has 0 spiro atoms. The zero-order valence-electron chi connectivity index (χ0n) is 13.5. The molecule has 1 aliphatic heterocycles. The van der Waals surface area contributed by atoms with Crippen molar-refractivity contribution in [3.05, 3.63) is 0 Å². The fourth-order valence-electron chi connectivity index (χ4n) is 5.17. The van der Waals surface area contributed by atoms with Crippen molar-refractivity contribution in [3.8, 4) is 0 Å². The molecular weight excluding hydrogens is 232 g/mol. The summed E-state index contributed by atoms with van der Waals surface area (Å²) in [4.78, 5) is 2.80. The maximum absolute atomic E-state index is 6.32. The lowest BCUT2D eigenvalue weighted by atomic mass is 9.63. The largest absolute Gasteiger partial charge is 0.329 e. The number of nitrogens with two attached hydrogens (primary N) is 1. The van der Waals surface area contributed by atoms with Gasteiger partial charge in [0.1, 0.15) is 0 Å². The van der Waals surface area contributed by atoms with E-state index in [1.165, 1.54) is 51.5 Å². The van der Waals surface area contributed by atoms with Crippen molar-refractivity contribution in [2.45, 2.75) is 84.2 Å². The molecular formula is C17H34N2. The van der Waals surface area contributed by atoms with Gasteiger partial charge in [-0.3, -0.25) is 4.90 Å². The van der Waals surface area contributed by atoms with E-state index < -0.39 is 0 Å². The van der Waals surface area contributed by atoms with E-state index in [9.17, 15) is 0 Å². The Morgan fingerprint density at radius 1 is 1.11 bits per heavy atom. The first-order chi connectivity index (χ1) is 8.88. The van der Waals surface area contributed by atoms with Gasteiger partial charge in [0.05, 0.1) is 0 Å². The Kier molecular flexibility index (Phi) is 4.62. The predicted molar refractivity (Wildman–Crippen MR) is 83.2 cm³/mol. The molecule has 0 aromatic heterocycles. The second kappa shape index (κ2) is 5.73. The molecule has 0 aromatic carbocycles. The number of nitrogens with zero attached hydrogens (tertiary/aromatic N) is 1. The second-order valence-electron chi connectivity index (χ2n) is 8.17. The second-order valence-corrected chi connectivity index (χ2v) is 8.17. The van der Waals surface area contributed by atoms with Gasteiger partial charge in [-0.25, -0.2) is 0 Å². The first-order valence-electron chi connectivity index (χ1n) is 8.35. The highest BCUT2D eigenvalue weighted by Gasteiger charge is 2.46. The van der Waals surface area contributed by atoms with Gasteiger partial charge in [0.25, 0.3) is 0 Å². The highest BCUT2D eigenvalue weighted by molar-refractivity contribution is 5.02. The molecule has 2 aliphatic rings. The van der Waals surface area contributed by atoms with Crippen molar-refractivity contribution in [3.63, 3.8) is 0 Å². The van der Waals surface area contributed by atoms with Crippen molar-refractivity contribution >= 4 is 0 Å². The molecule has 2 rings (SSSR count). The van der Waals surface area contributed by atoms with Crippen molar-refractivity contribution in [2.75, 3.05) is 13.1 Å². The van der Waals surface area contributed by atoms with E-state index in [-0.39, 0.29) is 5.54 Å². The predicted octanol–water partition coefficient (Wildman–Crippen LogP) is 3.79. The first kappa shape index (κ1) is 15.3. The third-order valence-electron chi connectivity index (χ3n) is 5.48. The van der Waals surface area contributed by atoms with Crippen molar-refractivity contribution < 1.29 is 0 Å². The van der Waals surface area contributed by atoms with Crippen LogP contribution in [0.3, 0.4) is 0 Å². The zero-order chi connectivity index (χ0) is 14.1. The Bertz CT molecular complexity index is 300. The number of hydrogen-bond donors (Lipinski definition) is 1. The van der Waals surface area contributed by atoms with E-state index in [0.29, 0.717) is 11.5 Å². The van der Waals surface area contributed by atoms with Gasteiger partial charge in [0.15, 0.2) is 0 Å². The summed E-state index contributed by atoms with van der Waals surface area (Å²) in [6, 6.07) is 0.715. The maximum atomic E-state index is 6.32. The standard InChI is InChI=1S/C17H34N2/c1-14-10-16(3,4)12-17(11-14,13-18)19-9-7-5-6-8-15(19)2/h14-15H,5-13,18H2,1-4H3. The Morgan fingerprint density at radius 3 is 2.47 bits per heavy atom. The number of rotatable bonds is 2. The lowest BCUT2D eigenvalue weighted by Gasteiger charge is -2.54. The van der Waals surface area contributed by atoms with Gasteiger partial charge in [0.2, 0.25) is 0 Å². The lowest BCUT2D eigenvalue weighted by Crippen LogP contribution is -2.61. The third kappa shape index (κ3) is 3.33. The van der Waals surface area contributed by atoms with Crippen LogP contribution in [0.5, 0.6) is 0 Å². The molecule has 2 N–H and O–H groups in total. The van der Waals surface area contributed by atoms with Crippen LogP contribution in [0.2, 0.25) is 0 Å². The number of hydrogen-bond acceptors (Lipinski definition) is 2. The minimum atomic E-state index is 0.269. The molecule has 2 fully saturated rings. The topological polar surface area (TPSA) is 29.3 Å². The molecule has 0 aromatic rings. The highest BCUT2D eigenvalue weighted by Crippen LogP contribution is 2.47. The fraction of sp³-hybridized carbons (Fsp3) is 1.00. The van der Waals surface area contributed by atoms with Gasteiger partial charge in [-0.2, -0.15) is 0 Å². The smallest absolute Gasteiger partial charge is 0.0342 e. The van der Waals surface area contributed by atoms with E-state index >= 15 is 0 Å². The molecule has 3 unspecified atom stereocenters. The van der Waals surface area contributed by atoms with Crippen LogP contribution in [0.25, 0.3) is 0 Å². The Morgan fingerprint density at radius 2 is 1.84 bits per heavy atom. The summed E-state index contributed by atoms with van der Waals surface area (Å²) < 4.78 is 0. The van der Waals surface area contributed by atoms with Crippen molar-refractivity contribution in [2.24, 2.45) is 17.1 Å². The Hall–Kier alpha value is -0.0800. The average molecular weight is 266 g/mol. The molecule has 1 saturated carbocycles. The van der Waals surface area contributed by atoms with Crippen LogP contribution in [0.4, 0.5) is 0 Å². The first-order valence-corrected chi connectivity index (χ1v) is 8.35. The van der Waals surface area contributed by atoms with E-state index in [2.05, 4.69) is 32.6 Å². The van der Waals surface area contributed by atoms with Crippen LogP contribution in [-0.4, -0.2) is 29.6 Å². The highest BCUT2D eigenvalue weighted by atomic mass is 15.2. The quantitative estimate of drug-likeness (QED) is 0.824. The fourth-order valence-corrected chi connectivity index (χ4v) is 5.17. The molecule has 112 valence electrons. The van der Waals surface area contributed by atoms with Crippen LogP contribution in [0.1, 0.15) is 72.6 Å². The normalized spacial score (nSPS) is 40.9. The van der Waals surface area contributed by atoms with Gasteiger partial charge in [-0.05, 0) is 56.9 Å². The van der Waals surface area contributed by atoms with Crippen LogP contribution in [0.15, 0.2) is 0 Å². The third-order valence-corrected chi connectivity index (χ3v) is 5.48. The lowest BCUT2D eigenvalue weighted by molar-refractivity contribution is -0.0309. The number of likely N-dealkylation sites (tertiary alicyclic amines) is 1. The summed E-state index contributed by atoms with van der Waals surface area (Å²) in [5.74, 6) is 0.808. The van der Waals surface area contributed by atoms with Gasteiger partial charge in [-0.1, -0.05) is 33.6 Å². The minimum Gasteiger partial charge on any atom is -0.329 e. The van der Waals surface area contributed by atoms with Gasteiger partial charge in [0, 0.05) is 18.1 Å². The summed E-state index contributed by atoms with van der Waals surface area (Å²) >= 11 is 0. The van der Waals surface area contributed by atoms with E-state index in [0.717, 1.165) is 12.5 Å². The van der Waals surface area contributed by atoms with Crippen molar-refractivity contribution in [1.29, 1.82) is 0 Å².